The van der Waals surface area contributed by atoms with E-state index in [-0.39, 0.29) is 12.0 Å². The van der Waals surface area contributed by atoms with Crippen LogP contribution in [0, 0.1) is 0 Å². The topological polar surface area (TPSA) is 38.4 Å². The first kappa shape index (κ1) is 18.0. The first-order chi connectivity index (χ1) is 8.29. The normalized spacial score (nSPS) is 16.4. The summed E-state index contributed by atoms with van der Waals surface area (Å²) in [4.78, 5) is 2.71. The third kappa shape index (κ3) is 3.52. The maximum Gasteiger partial charge on any atom is 0.460 e. The monoisotopic (exact) mass is 314 g/mol. The minimum Gasteiger partial charge on any atom is -0.382 e. The van der Waals surface area contributed by atoms with E-state index in [9.17, 15) is 30.7 Å². The highest BCUT2D eigenvalue weighted by molar-refractivity contribution is 6.30. The molecule has 0 atom stereocenters. The number of nitrogens with zero attached hydrogens (tertiary/aromatic N) is 1. The lowest BCUT2D eigenvalue weighted by molar-refractivity contribution is -0.336. The number of rotatable bonds is 4. The second-order valence-electron chi connectivity index (χ2n) is 3.57. The molecule has 0 bridgehead atoms. The van der Waals surface area contributed by atoms with Crippen molar-refractivity contribution in [2.24, 2.45) is 10.7 Å². The molecule has 0 aliphatic carbocycles. The second-order valence-corrected chi connectivity index (χ2v) is 3.93. The van der Waals surface area contributed by atoms with Gasteiger partial charge in [0.2, 0.25) is 0 Å². The summed E-state index contributed by atoms with van der Waals surface area (Å²) in [5.41, 5.74) is 4.73. The Hall–Kier alpha value is -0.990. The van der Waals surface area contributed by atoms with Gasteiger partial charge in [-0.05, 0) is 18.9 Å². The van der Waals surface area contributed by atoms with Crippen LogP contribution in [0.2, 0.25) is 0 Å². The molecule has 0 aromatic carbocycles. The Bertz CT molecular complexity index is 398. The predicted octanol–water partition coefficient (Wildman–Crippen LogP) is 4.06. The Morgan fingerprint density at radius 2 is 1.53 bits per heavy atom. The Kier molecular flexibility index (Phi) is 5.27. The van der Waals surface area contributed by atoms with Crippen LogP contribution in [0.5, 0.6) is 0 Å². The van der Waals surface area contributed by atoms with Crippen molar-refractivity contribution in [3.63, 3.8) is 0 Å². The number of nitrogens with two attached hydrogens (primary N) is 1. The zero-order chi connectivity index (χ0) is 15.6. The quantitative estimate of drug-likeness (QED) is 0.361. The SMILES string of the molecule is CC/C(C)=C(Cl)\N=C(\N)C(F)(F)C(F)(F)C(F)(F)F. The maximum atomic E-state index is 13.0. The molecule has 0 saturated heterocycles. The fourth-order valence-corrected chi connectivity index (χ4v) is 0.981. The van der Waals surface area contributed by atoms with E-state index >= 15 is 0 Å². The van der Waals surface area contributed by atoms with Crippen LogP contribution in [-0.4, -0.2) is 23.9 Å². The van der Waals surface area contributed by atoms with E-state index in [0.29, 0.717) is 0 Å². The third-order valence-corrected chi connectivity index (χ3v) is 2.58. The highest BCUT2D eigenvalue weighted by Gasteiger charge is 2.74. The van der Waals surface area contributed by atoms with Crippen molar-refractivity contribution >= 4 is 17.4 Å². The lowest BCUT2D eigenvalue weighted by Gasteiger charge is -2.27. The van der Waals surface area contributed by atoms with Gasteiger partial charge in [-0.3, -0.25) is 0 Å². The summed E-state index contributed by atoms with van der Waals surface area (Å²) < 4.78 is 86.8. The van der Waals surface area contributed by atoms with Gasteiger partial charge in [-0.2, -0.15) is 30.7 Å². The van der Waals surface area contributed by atoms with Gasteiger partial charge in [0.1, 0.15) is 5.16 Å². The Morgan fingerprint density at radius 3 is 1.84 bits per heavy atom. The molecular formula is C9H10ClF7N2. The van der Waals surface area contributed by atoms with Crippen LogP contribution in [0.3, 0.4) is 0 Å². The van der Waals surface area contributed by atoms with E-state index in [1.807, 2.05) is 0 Å². The van der Waals surface area contributed by atoms with Crippen molar-refractivity contribution < 1.29 is 30.7 Å². The molecule has 0 aliphatic heterocycles. The van der Waals surface area contributed by atoms with Crippen LogP contribution < -0.4 is 5.73 Å². The molecule has 0 spiro atoms. The lowest BCUT2D eigenvalue weighted by Crippen LogP contribution is -2.58. The summed E-state index contributed by atoms with van der Waals surface area (Å²) in [5.74, 6) is -14.2. The molecule has 0 unspecified atom stereocenters. The van der Waals surface area contributed by atoms with Gasteiger partial charge in [0, 0.05) is 0 Å². The van der Waals surface area contributed by atoms with E-state index in [1.165, 1.54) is 6.92 Å². The van der Waals surface area contributed by atoms with Crippen LogP contribution >= 0.6 is 11.6 Å². The van der Waals surface area contributed by atoms with Crippen LogP contribution in [0.25, 0.3) is 0 Å². The van der Waals surface area contributed by atoms with Gasteiger partial charge < -0.3 is 5.73 Å². The highest BCUT2D eigenvalue weighted by Crippen LogP contribution is 2.46. The molecule has 0 fully saturated rings. The van der Waals surface area contributed by atoms with Gasteiger partial charge in [-0.25, -0.2) is 4.99 Å². The summed E-state index contributed by atoms with van der Waals surface area (Å²) >= 11 is 5.35. The molecule has 2 nitrogen and oxygen atoms in total. The van der Waals surface area contributed by atoms with E-state index in [2.05, 4.69) is 10.7 Å². The van der Waals surface area contributed by atoms with Gasteiger partial charge in [0.05, 0.1) is 0 Å². The summed E-state index contributed by atoms with van der Waals surface area (Å²) in [7, 11) is 0. The summed E-state index contributed by atoms with van der Waals surface area (Å²) in [6, 6.07) is 0. The van der Waals surface area contributed by atoms with Crippen molar-refractivity contribution in [1.29, 1.82) is 0 Å². The predicted molar refractivity (Wildman–Crippen MR) is 56.4 cm³/mol. The number of hydrogen-bond acceptors (Lipinski definition) is 1. The third-order valence-electron chi connectivity index (χ3n) is 2.17. The summed E-state index contributed by atoms with van der Waals surface area (Å²) in [6.45, 7) is 2.88. The lowest BCUT2D eigenvalue weighted by atomic mass is 10.1. The first-order valence-electron chi connectivity index (χ1n) is 4.81. The van der Waals surface area contributed by atoms with Crippen molar-refractivity contribution in [2.75, 3.05) is 0 Å². The van der Waals surface area contributed by atoms with Crippen molar-refractivity contribution in [3.05, 3.63) is 10.7 Å². The Labute approximate surface area is 109 Å². The number of amidine groups is 1. The van der Waals surface area contributed by atoms with Gasteiger partial charge in [-0.1, -0.05) is 18.5 Å². The van der Waals surface area contributed by atoms with Gasteiger partial charge in [0.15, 0.2) is 5.84 Å². The standard InChI is InChI=1S/C9H10ClF7N2/c1-3-4(2)5(10)19-6(18)7(11,12)8(13,14)9(15,16)17/h3H2,1-2H3,(H2,18,19)/b5-4-. The molecule has 0 aromatic heterocycles. The van der Waals surface area contributed by atoms with Crippen molar-refractivity contribution in [1.82, 2.24) is 0 Å². The molecule has 112 valence electrons. The van der Waals surface area contributed by atoms with Crippen LogP contribution in [0.15, 0.2) is 15.7 Å². The molecular weight excluding hydrogens is 305 g/mol. The Balaban J connectivity index is 5.63. The van der Waals surface area contributed by atoms with Crippen molar-refractivity contribution in [3.8, 4) is 0 Å². The second kappa shape index (κ2) is 5.56. The van der Waals surface area contributed by atoms with Gasteiger partial charge >= 0.3 is 18.0 Å². The largest absolute Gasteiger partial charge is 0.460 e. The van der Waals surface area contributed by atoms with E-state index in [4.69, 9.17) is 11.6 Å². The average molecular weight is 315 g/mol. The molecule has 19 heavy (non-hydrogen) atoms. The minimum absolute atomic E-state index is 0.204. The first-order valence-corrected chi connectivity index (χ1v) is 5.19. The molecule has 0 aromatic rings. The van der Waals surface area contributed by atoms with Crippen molar-refractivity contribution in [2.45, 2.75) is 38.3 Å². The minimum atomic E-state index is -6.47. The van der Waals surface area contributed by atoms with E-state index < -0.39 is 29.0 Å². The molecule has 0 heterocycles. The summed E-state index contributed by atoms with van der Waals surface area (Å²) in [5, 5.41) is -0.655. The molecule has 0 amide bonds. The number of allylic oxidation sites excluding steroid dienone is 1. The summed E-state index contributed by atoms with van der Waals surface area (Å²) in [6.07, 6.45) is -6.23. The fraction of sp³-hybridized carbons (Fsp3) is 0.667. The molecule has 2 N–H and O–H groups in total. The number of halogens is 8. The zero-order valence-electron chi connectivity index (χ0n) is 9.76. The molecule has 0 rings (SSSR count). The molecule has 0 aliphatic rings. The molecule has 0 saturated carbocycles. The average Bonchev–Trinajstić information content (AvgIpc) is 2.25. The van der Waals surface area contributed by atoms with Crippen LogP contribution in [0.1, 0.15) is 20.3 Å². The number of hydrogen-bond donors (Lipinski definition) is 1. The maximum absolute atomic E-state index is 13.0. The molecule has 0 radical (unpaired) electrons. The highest BCUT2D eigenvalue weighted by atomic mass is 35.5. The fourth-order valence-electron chi connectivity index (χ4n) is 0.756. The van der Waals surface area contributed by atoms with Gasteiger partial charge in [0.25, 0.3) is 0 Å². The number of alkyl halides is 7. The number of aliphatic imine (C=N–C) groups is 1. The van der Waals surface area contributed by atoms with E-state index in [0.717, 1.165) is 0 Å². The molecule has 10 heteroatoms. The van der Waals surface area contributed by atoms with Gasteiger partial charge in [-0.15, -0.1) is 0 Å². The smallest absolute Gasteiger partial charge is 0.382 e. The van der Waals surface area contributed by atoms with Crippen LogP contribution in [-0.2, 0) is 0 Å². The Morgan fingerprint density at radius 1 is 1.11 bits per heavy atom. The van der Waals surface area contributed by atoms with E-state index in [1.54, 1.807) is 6.92 Å². The van der Waals surface area contributed by atoms with Crippen LogP contribution in [0.4, 0.5) is 30.7 Å². The zero-order valence-corrected chi connectivity index (χ0v) is 10.5.